The maximum Gasteiger partial charge on any atom is 0.471 e. The van der Waals surface area contributed by atoms with Gasteiger partial charge in [-0.1, -0.05) is 24.3 Å². The second kappa shape index (κ2) is 5.42. The van der Waals surface area contributed by atoms with Crippen LogP contribution in [0, 0.1) is 0 Å². The number of fused-ring (bicyclic) bond motifs is 1. The van der Waals surface area contributed by atoms with Crippen molar-refractivity contribution >= 4 is 22.6 Å². The fraction of sp³-hybridized carbons (Fsp3) is 0.125. The average molecular weight is 319 g/mol. The fourth-order valence-corrected chi connectivity index (χ4v) is 2.37. The van der Waals surface area contributed by atoms with Gasteiger partial charge in [0.15, 0.2) is 0 Å². The summed E-state index contributed by atoms with van der Waals surface area (Å²) in [6.45, 7) is 0. The predicted octanol–water partition coefficient (Wildman–Crippen LogP) is 3.74. The predicted molar refractivity (Wildman–Crippen MR) is 80.8 cm³/mol. The molecule has 1 amide bonds. The lowest BCUT2D eigenvalue weighted by Crippen LogP contribution is -2.30. The summed E-state index contributed by atoms with van der Waals surface area (Å²) >= 11 is 0. The third-order valence-corrected chi connectivity index (χ3v) is 3.46. The molecule has 0 saturated heterocycles. The Morgan fingerprint density at radius 3 is 2.43 bits per heavy atom. The van der Waals surface area contributed by atoms with Crippen molar-refractivity contribution in [1.29, 1.82) is 0 Å². The molecule has 1 heterocycles. The van der Waals surface area contributed by atoms with Crippen molar-refractivity contribution in [2.75, 3.05) is 5.32 Å². The minimum Gasteiger partial charge on any atom is -0.327 e. The standard InChI is InChI=1S/C16H12F3N3O/c1-22-13-9-5-4-8-12(13)20-14(22)10-6-2-3-7-11(10)21-15(23)16(17,18)19/h2-9H,1H3,(H,21,23). The molecule has 0 aliphatic carbocycles. The lowest BCUT2D eigenvalue weighted by Gasteiger charge is -2.12. The van der Waals surface area contributed by atoms with Crippen LogP contribution in [0.1, 0.15) is 0 Å². The first-order valence-electron chi connectivity index (χ1n) is 6.77. The number of carbonyl (C=O) groups is 1. The third-order valence-electron chi connectivity index (χ3n) is 3.46. The quantitative estimate of drug-likeness (QED) is 0.782. The van der Waals surface area contributed by atoms with Gasteiger partial charge in [0.1, 0.15) is 5.82 Å². The van der Waals surface area contributed by atoms with Crippen LogP contribution in [0.25, 0.3) is 22.4 Å². The van der Waals surface area contributed by atoms with Gasteiger partial charge < -0.3 is 9.88 Å². The number of halogens is 3. The molecule has 0 atom stereocenters. The molecule has 1 aromatic heterocycles. The number of aryl methyl sites for hydroxylation is 1. The Hall–Kier alpha value is -2.83. The number of benzene rings is 2. The van der Waals surface area contributed by atoms with Gasteiger partial charge in [0.2, 0.25) is 0 Å². The molecule has 0 saturated carbocycles. The normalized spacial score (nSPS) is 11.7. The molecule has 23 heavy (non-hydrogen) atoms. The lowest BCUT2D eigenvalue weighted by atomic mass is 10.1. The number of para-hydroxylation sites is 3. The number of rotatable bonds is 2. The van der Waals surface area contributed by atoms with Crippen molar-refractivity contribution in [3.05, 3.63) is 48.5 Å². The first-order valence-corrected chi connectivity index (χ1v) is 6.77. The Kier molecular flexibility index (Phi) is 3.55. The van der Waals surface area contributed by atoms with Gasteiger partial charge in [-0.05, 0) is 24.3 Å². The van der Waals surface area contributed by atoms with Crippen LogP contribution in [0.5, 0.6) is 0 Å². The molecule has 0 aliphatic rings. The van der Waals surface area contributed by atoms with E-state index in [0.29, 0.717) is 11.4 Å². The topological polar surface area (TPSA) is 46.9 Å². The summed E-state index contributed by atoms with van der Waals surface area (Å²) in [5.41, 5.74) is 2.05. The van der Waals surface area contributed by atoms with Crippen molar-refractivity contribution in [2.24, 2.45) is 7.05 Å². The molecule has 3 aromatic rings. The highest BCUT2D eigenvalue weighted by atomic mass is 19.4. The molecule has 0 radical (unpaired) electrons. The number of nitrogens with one attached hydrogen (secondary N) is 1. The van der Waals surface area contributed by atoms with Gasteiger partial charge in [0, 0.05) is 12.6 Å². The number of nitrogens with zero attached hydrogens (tertiary/aromatic N) is 2. The molecule has 7 heteroatoms. The Morgan fingerprint density at radius 1 is 1.09 bits per heavy atom. The molecule has 0 spiro atoms. The number of carbonyl (C=O) groups excluding carboxylic acids is 1. The highest BCUT2D eigenvalue weighted by Gasteiger charge is 2.39. The SMILES string of the molecule is Cn1c(-c2ccccc2NC(=O)C(F)(F)F)nc2ccccc21. The number of hydrogen-bond donors (Lipinski definition) is 1. The minimum atomic E-state index is -4.94. The van der Waals surface area contributed by atoms with Crippen LogP contribution < -0.4 is 5.32 Å². The average Bonchev–Trinajstić information content (AvgIpc) is 2.84. The van der Waals surface area contributed by atoms with E-state index in [1.165, 1.54) is 6.07 Å². The highest BCUT2D eigenvalue weighted by Crippen LogP contribution is 2.30. The first kappa shape index (κ1) is 15.1. The molecule has 0 aliphatic heterocycles. The number of hydrogen-bond acceptors (Lipinski definition) is 2. The Morgan fingerprint density at radius 2 is 1.74 bits per heavy atom. The van der Waals surface area contributed by atoms with Gasteiger partial charge in [-0.3, -0.25) is 4.79 Å². The zero-order valence-corrected chi connectivity index (χ0v) is 12.1. The van der Waals surface area contributed by atoms with E-state index in [9.17, 15) is 18.0 Å². The van der Waals surface area contributed by atoms with Crippen LogP contribution in [0.4, 0.5) is 18.9 Å². The van der Waals surface area contributed by atoms with Gasteiger partial charge >= 0.3 is 12.1 Å². The molecule has 3 rings (SSSR count). The number of alkyl halides is 3. The summed E-state index contributed by atoms with van der Waals surface area (Å²) in [6, 6.07) is 13.6. The zero-order valence-electron chi connectivity index (χ0n) is 12.1. The maximum atomic E-state index is 12.5. The molecular formula is C16H12F3N3O. The van der Waals surface area contributed by atoms with Crippen molar-refractivity contribution < 1.29 is 18.0 Å². The minimum absolute atomic E-state index is 0.0632. The summed E-state index contributed by atoms with van der Waals surface area (Å²) in [5, 5.41) is 1.90. The highest BCUT2D eigenvalue weighted by molar-refractivity contribution is 5.98. The van der Waals surface area contributed by atoms with Crippen LogP contribution in [-0.2, 0) is 11.8 Å². The summed E-state index contributed by atoms with van der Waals surface area (Å²) < 4.78 is 39.2. The molecule has 1 N–H and O–H groups in total. The molecule has 0 fully saturated rings. The fourth-order valence-electron chi connectivity index (χ4n) is 2.37. The van der Waals surface area contributed by atoms with E-state index in [-0.39, 0.29) is 5.69 Å². The first-order chi connectivity index (χ1) is 10.9. The molecule has 0 bridgehead atoms. The molecular weight excluding hydrogens is 307 g/mol. The third kappa shape index (κ3) is 2.77. The van der Waals surface area contributed by atoms with Gasteiger partial charge in [0.05, 0.1) is 16.7 Å². The van der Waals surface area contributed by atoms with Crippen molar-refractivity contribution in [3.63, 3.8) is 0 Å². The van der Waals surface area contributed by atoms with E-state index in [0.717, 1.165) is 11.0 Å². The van der Waals surface area contributed by atoms with Crippen LogP contribution in [0.15, 0.2) is 48.5 Å². The molecule has 0 unspecified atom stereocenters. The van der Waals surface area contributed by atoms with E-state index in [1.54, 1.807) is 29.8 Å². The summed E-state index contributed by atoms with van der Waals surface area (Å²) in [5.74, 6) is -1.53. The molecule has 2 aromatic carbocycles. The molecule has 4 nitrogen and oxygen atoms in total. The van der Waals surface area contributed by atoms with Gasteiger partial charge in [-0.25, -0.2) is 4.98 Å². The second-order valence-electron chi connectivity index (χ2n) is 4.98. The van der Waals surface area contributed by atoms with E-state index >= 15 is 0 Å². The monoisotopic (exact) mass is 319 g/mol. The van der Waals surface area contributed by atoms with E-state index < -0.39 is 12.1 Å². The largest absolute Gasteiger partial charge is 0.471 e. The van der Waals surface area contributed by atoms with Gasteiger partial charge in [0.25, 0.3) is 0 Å². The van der Waals surface area contributed by atoms with Crippen LogP contribution in [0.2, 0.25) is 0 Å². The van der Waals surface area contributed by atoms with Crippen molar-refractivity contribution in [1.82, 2.24) is 9.55 Å². The Balaban J connectivity index is 2.09. The summed E-state index contributed by atoms with van der Waals surface area (Å²) in [4.78, 5) is 15.7. The number of imidazole rings is 1. The smallest absolute Gasteiger partial charge is 0.327 e. The Bertz CT molecular complexity index is 884. The number of anilines is 1. The summed E-state index contributed by atoms with van der Waals surface area (Å²) in [7, 11) is 1.77. The molecule has 118 valence electrons. The number of aromatic nitrogens is 2. The van der Waals surface area contributed by atoms with E-state index in [1.807, 2.05) is 29.6 Å². The van der Waals surface area contributed by atoms with Crippen LogP contribution in [0.3, 0.4) is 0 Å². The van der Waals surface area contributed by atoms with Gasteiger partial charge in [-0.15, -0.1) is 0 Å². The zero-order chi connectivity index (χ0) is 16.6. The Labute approximate surface area is 129 Å². The number of amides is 1. The van der Waals surface area contributed by atoms with E-state index in [4.69, 9.17) is 0 Å². The van der Waals surface area contributed by atoms with Gasteiger partial charge in [-0.2, -0.15) is 13.2 Å². The lowest BCUT2D eigenvalue weighted by molar-refractivity contribution is -0.167. The summed E-state index contributed by atoms with van der Waals surface area (Å²) in [6.07, 6.45) is -4.94. The van der Waals surface area contributed by atoms with Crippen LogP contribution in [-0.4, -0.2) is 21.6 Å². The van der Waals surface area contributed by atoms with Crippen molar-refractivity contribution in [2.45, 2.75) is 6.18 Å². The van der Waals surface area contributed by atoms with Crippen LogP contribution >= 0.6 is 0 Å². The van der Waals surface area contributed by atoms with E-state index in [2.05, 4.69) is 4.98 Å². The maximum absolute atomic E-state index is 12.5. The second-order valence-corrected chi connectivity index (χ2v) is 4.98. The van der Waals surface area contributed by atoms with Crippen molar-refractivity contribution in [3.8, 4) is 11.4 Å².